The lowest BCUT2D eigenvalue weighted by Crippen LogP contribution is -2.25. The van der Waals surface area contributed by atoms with Gasteiger partial charge < -0.3 is 20.2 Å². The Labute approximate surface area is 149 Å². The molecule has 1 aromatic carbocycles. The number of carbonyl (C=O) groups excluding carboxylic acids is 2. The van der Waals surface area contributed by atoms with Crippen LogP contribution in [0.2, 0.25) is 0 Å². The van der Waals surface area contributed by atoms with Crippen molar-refractivity contribution in [2.24, 2.45) is 0 Å². The van der Waals surface area contributed by atoms with Gasteiger partial charge in [0.15, 0.2) is 5.89 Å². The Kier molecular flexibility index (Phi) is 5.01. The molecule has 0 radical (unpaired) electrons. The first-order valence-electron chi connectivity index (χ1n) is 8.33. The first-order valence-corrected chi connectivity index (χ1v) is 8.33. The molecule has 0 aliphatic heterocycles. The molecule has 136 valence electrons. The fourth-order valence-electron chi connectivity index (χ4n) is 2.41. The Hall–Kier alpha value is -3.16. The third-order valence-electron chi connectivity index (χ3n) is 3.98. The van der Waals surface area contributed by atoms with Gasteiger partial charge in [-0.15, -0.1) is 0 Å². The number of hydrogen-bond acceptors (Lipinski definition) is 5. The number of nitrogens with one attached hydrogen (secondary N) is 2. The number of carboxylic acids is 1. The van der Waals surface area contributed by atoms with Gasteiger partial charge in [-0.25, -0.2) is 4.98 Å². The summed E-state index contributed by atoms with van der Waals surface area (Å²) in [6.45, 7) is 1.79. The fourth-order valence-corrected chi connectivity index (χ4v) is 2.41. The number of rotatable bonds is 7. The minimum atomic E-state index is -0.976. The molecule has 2 amide bonds. The molecule has 1 fully saturated rings. The number of carbonyl (C=O) groups is 3. The standard InChI is InChI=1S/C18H19N3O5/c1-10-15(26-18(20-10)12-2-3-12)17(25)21-13-6-4-11(5-7-13)16(24)19-9-8-14(22)23/h4-7,12H,2-3,8-9H2,1H3,(H,19,24)(H,21,25)(H,22,23). The Morgan fingerprint density at radius 2 is 1.88 bits per heavy atom. The van der Waals surface area contributed by atoms with Crippen molar-refractivity contribution >= 4 is 23.5 Å². The number of benzene rings is 1. The molecule has 0 bridgehead atoms. The first-order chi connectivity index (χ1) is 12.4. The predicted molar refractivity (Wildman–Crippen MR) is 92.2 cm³/mol. The monoisotopic (exact) mass is 357 g/mol. The number of hydrogen-bond donors (Lipinski definition) is 3. The van der Waals surface area contributed by atoms with Gasteiger partial charge in [0.1, 0.15) is 0 Å². The van der Waals surface area contributed by atoms with Crippen LogP contribution in [0.25, 0.3) is 0 Å². The van der Waals surface area contributed by atoms with E-state index in [0.717, 1.165) is 12.8 Å². The molecule has 0 spiro atoms. The lowest BCUT2D eigenvalue weighted by atomic mass is 10.2. The highest BCUT2D eigenvalue weighted by Crippen LogP contribution is 2.40. The molecule has 3 N–H and O–H groups in total. The van der Waals surface area contributed by atoms with E-state index in [2.05, 4.69) is 15.6 Å². The Balaban J connectivity index is 1.59. The van der Waals surface area contributed by atoms with Gasteiger partial charge in [-0.3, -0.25) is 14.4 Å². The van der Waals surface area contributed by atoms with Crippen molar-refractivity contribution in [2.45, 2.75) is 32.1 Å². The van der Waals surface area contributed by atoms with E-state index < -0.39 is 5.97 Å². The zero-order chi connectivity index (χ0) is 18.7. The van der Waals surface area contributed by atoms with E-state index >= 15 is 0 Å². The number of amides is 2. The highest BCUT2D eigenvalue weighted by atomic mass is 16.4. The lowest BCUT2D eigenvalue weighted by molar-refractivity contribution is -0.136. The SMILES string of the molecule is Cc1nc(C2CC2)oc1C(=O)Nc1ccc(C(=O)NCCC(=O)O)cc1. The van der Waals surface area contributed by atoms with Crippen molar-refractivity contribution in [3.05, 3.63) is 47.2 Å². The maximum Gasteiger partial charge on any atom is 0.305 e. The van der Waals surface area contributed by atoms with Gasteiger partial charge in [0.2, 0.25) is 5.76 Å². The van der Waals surface area contributed by atoms with Crippen molar-refractivity contribution < 1.29 is 23.9 Å². The molecule has 3 rings (SSSR count). The summed E-state index contributed by atoms with van der Waals surface area (Å²) in [5.41, 5.74) is 1.44. The fraction of sp³-hybridized carbons (Fsp3) is 0.333. The van der Waals surface area contributed by atoms with Crippen LogP contribution in [0.3, 0.4) is 0 Å². The van der Waals surface area contributed by atoms with Crippen LogP contribution in [0.1, 0.15) is 57.7 Å². The summed E-state index contributed by atoms with van der Waals surface area (Å²) < 4.78 is 5.56. The molecule has 8 heteroatoms. The second-order valence-corrected chi connectivity index (χ2v) is 6.17. The zero-order valence-electron chi connectivity index (χ0n) is 14.2. The van der Waals surface area contributed by atoms with Crippen LogP contribution in [-0.4, -0.2) is 34.4 Å². The van der Waals surface area contributed by atoms with Crippen molar-refractivity contribution in [1.82, 2.24) is 10.3 Å². The summed E-state index contributed by atoms with van der Waals surface area (Å²) in [6.07, 6.45) is 1.94. The number of aryl methyl sites for hydroxylation is 1. The lowest BCUT2D eigenvalue weighted by Gasteiger charge is -2.06. The van der Waals surface area contributed by atoms with Crippen molar-refractivity contribution in [1.29, 1.82) is 0 Å². The molecule has 1 aliphatic carbocycles. The number of nitrogens with zero attached hydrogens (tertiary/aromatic N) is 1. The molecule has 26 heavy (non-hydrogen) atoms. The largest absolute Gasteiger partial charge is 0.481 e. The number of aliphatic carboxylic acids is 1. The quantitative estimate of drug-likeness (QED) is 0.699. The molecule has 0 unspecified atom stereocenters. The highest BCUT2D eigenvalue weighted by molar-refractivity contribution is 6.03. The molecule has 0 saturated heterocycles. The number of oxazole rings is 1. The first kappa shape index (κ1) is 17.7. The van der Waals surface area contributed by atoms with Crippen LogP contribution in [0.5, 0.6) is 0 Å². The van der Waals surface area contributed by atoms with E-state index in [1.54, 1.807) is 31.2 Å². The second kappa shape index (κ2) is 7.38. The summed E-state index contributed by atoms with van der Waals surface area (Å²) >= 11 is 0. The van der Waals surface area contributed by atoms with Crippen LogP contribution < -0.4 is 10.6 Å². The van der Waals surface area contributed by atoms with E-state index in [4.69, 9.17) is 9.52 Å². The number of aromatic nitrogens is 1. The average molecular weight is 357 g/mol. The molecule has 1 aliphatic rings. The molecule has 0 atom stereocenters. The van der Waals surface area contributed by atoms with E-state index in [9.17, 15) is 14.4 Å². The second-order valence-electron chi connectivity index (χ2n) is 6.17. The Morgan fingerprint density at radius 1 is 1.19 bits per heavy atom. The van der Waals surface area contributed by atoms with Gasteiger partial charge in [0, 0.05) is 23.7 Å². The van der Waals surface area contributed by atoms with Gasteiger partial charge in [-0.1, -0.05) is 0 Å². The Bertz CT molecular complexity index is 837. The summed E-state index contributed by atoms with van der Waals surface area (Å²) in [5, 5.41) is 13.8. The minimum Gasteiger partial charge on any atom is -0.481 e. The van der Waals surface area contributed by atoms with E-state index in [0.29, 0.717) is 28.8 Å². The molecule has 1 heterocycles. The van der Waals surface area contributed by atoms with Crippen LogP contribution >= 0.6 is 0 Å². The van der Waals surface area contributed by atoms with Crippen molar-refractivity contribution in [2.75, 3.05) is 11.9 Å². The third kappa shape index (κ3) is 4.27. The maximum absolute atomic E-state index is 12.3. The normalized spacial score (nSPS) is 13.3. The smallest absolute Gasteiger partial charge is 0.305 e. The Morgan fingerprint density at radius 3 is 2.50 bits per heavy atom. The maximum atomic E-state index is 12.3. The summed E-state index contributed by atoms with van der Waals surface area (Å²) in [5.74, 6) is -0.599. The van der Waals surface area contributed by atoms with Gasteiger partial charge in [-0.05, 0) is 44.0 Å². The van der Waals surface area contributed by atoms with E-state index in [-0.39, 0.29) is 30.5 Å². The molecule has 1 saturated carbocycles. The van der Waals surface area contributed by atoms with E-state index in [1.165, 1.54) is 0 Å². The van der Waals surface area contributed by atoms with Crippen LogP contribution in [0.4, 0.5) is 5.69 Å². The van der Waals surface area contributed by atoms with Crippen LogP contribution in [-0.2, 0) is 4.79 Å². The minimum absolute atomic E-state index is 0.0563. The highest BCUT2D eigenvalue weighted by Gasteiger charge is 2.30. The summed E-state index contributed by atoms with van der Waals surface area (Å²) in [4.78, 5) is 39.0. The van der Waals surface area contributed by atoms with Crippen LogP contribution in [0.15, 0.2) is 28.7 Å². The zero-order valence-corrected chi connectivity index (χ0v) is 14.2. The molecular weight excluding hydrogens is 338 g/mol. The van der Waals surface area contributed by atoms with Crippen molar-refractivity contribution in [3.63, 3.8) is 0 Å². The van der Waals surface area contributed by atoms with Gasteiger partial charge in [0.25, 0.3) is 11.8 Å². The van der Waals surface area contributed by atoms with Crippen LogP contribution in [0, 0.1) is 6.92 Å². The topological polar surface area (TPSA) is 122 Å². The van der Waals surface area contributed by atoms with Gasteiger partial charge in [0.05, 0.1) is 12.1 Å². The van der Waals surface area contributed by atoms with Gasteiger partial charge >= 0.3 is 5.97 Å². The third-order valence-corrected chi connectivity index (χ3v) is 3.98. The molecule has 8 nitrogen and oxygen atoms in total. The molecule has 1 aromatic heterocycles. The average Bonchev–Trinajstić information content (AvgIpc) is 3.37. The summed E-state index contributed by atoms with van der Waals surface area (Å²) in [6, 6.07) is 6.29. The molecule has 2 aromatic rings. The number of anilines is 1. The number of carboxylic acid groups (broad SMARTS) is 1. The van der Waals surface area contributed by atoms with Crippen molar-refractivity contribution in [3.8, 4) is 0 Å². The van der Waals surface area contributed by atoms with E-state index in [1.807, 2.05) is 0 Å². The molecular formula is C18H19N3O5. The predicted octanol–water partition coefficient (Wildman–Crippen LogP) is 2.32. The van der Waals surface area contributed by atoms with Gasteiger partial charge in [-0.2, -0.15) is 0 Å². The summed E-state index contributed by atoms with van der Waals surface area (Å²) in [7, 11) is 0.